The normalized spacial score (nSPS) is 12.9. The first kappa shape index (κ1) is 25.5. The van der Waals surface area contributed by atoms with Crippen LogP contribution in [-0.2, 0) is 19.4 Å². The van der Waals surface area contributed by atoms with Crippen molar-refractivity contribution in [1.29, 1.82) is 0 Å². The fourth-order valence-corrected chi connectivity index (χ4v) is 3.71. The summed E-state index contributed by atoms with van der Waals surface area (Å²) in [6, 6.07) is 10.0. The molecule has 1 amide bonds. The summed E-state index contributed by atoms with van der Waals surface area (Å²) in [7, 11) is 0. The molecule has 1 aromatic heterocycles. The zero-order chi connectivity index (χ0) is 24.7. The number of nitrogens with one attached hydrogen (secondary N) is 2. The first-order valence-electron chi connectivity index (χ1n) is 10.7. The lowest BCUT2D eigenvalue weighted by atomic mass is 10.00. The summed E-state index contributed by atoms with van der Waals surface area (Å²) in [6.07, 6.45) is 1.63. The van der Waals surface area contributed by atoms with Crippen molar-refractivity contribution in [2.75, 3.05) is 6.54 Å². The lowest BCUT2D eigenvalue weighted by Gasteiger charge is -2.25. The van der Waals surface area contributed by atoms with E-state index in [1.54, 1.807) is 0 Å². The van der Waals surface area contributed by atoms with E-state index in [1.807, 2.05) is 18.2 Å². The van der Waals surface area contributed by atoms with E-state index in [1.165, 1.54) is 5.56 Å². The van der Waals surface area contributed by atoms with E-state index in [0.717, 1.165) is 42.6 Å². The van der Waals surface area contributed by atoms with Gasteiger partial charge in [-0.15, -0.1) is 0 Å². The molecule has 1 heterocycles. The lowest BCUT2D eigenvalue weighted by Crippen LogP contribution is -2.49. The number of nitrogens with zero attached hydrogens (tertiary/aromatic N) is 2. The number of hydrogen-bond donors (Lipinski definition) is 3. The second-order valence-electron chi connectivity index (χ2n) is 7.87. The van der Waals surface area contributed by atoms with Crippen molar-refractivity contribution in [3.8, 4) is 0 Å². The van der Waals surface area contributed by atoms with Crippen molar-refractivity contribution in [2.24, 2.45) is 0 Å². The van der Waals surface area contributed by atoms with Gasteiger partial charge in [0.1, 0.15) is 11.6 Å². The summed E-state index contributed by atoms with van der Waals surface area (Å²) in [6.45, 7) is 2.62. The van der Waals surface area contributed by atoms with Gasteiger partial charge in [0, 0.05) is 19.2 Å². The molecule has 0 spiro atoms. The minimum Gasteiger partial charge on any atom is -0.619 e. The number of aryl methyl sites for hydroxylation is 1. The molecule has 180 valence electrons. The van der Waals surface area contributed by atoms with Gasteiger partial charge < -0.3 is 20.9 Å². The van der Waals surface area contributed by atoms with Gasteiger partial charge >= 0.3 is 0 Å². The van der Waals surface area contributed by atoms with Gasteiger partial charge in [-0.05, 0) is 41.7 Å². The molecule has 7 nitrogen and oxygen atoms in total. The van der Waals surface area contributed by atoms with Gasteiger partial charge in [-0.25, -0.2) is 13.8 Å². The SMILES string of the molecule is CCc1cccc(CNC[C@@H](O)[C@H](Cc2cc(F)cc(F)c2)NC(=O)c2c[n+]([O-])cc(Cl)n2)c1. The third kappa shape index (κ3) is 7.44. The predicted molar refractivity (Wildman–Crippen MR) is 123 cm³/mol. The summed E-state index contributed by atoms with van der Waals surface area (Å²) in [4.78, 5) is 16.5. The van der Waals surface area contributed by atoms with Crippen molar-refractivity contribution in [2.45, 2.75) is 38.5 Å². The topological polar surface area (TPSA) is 101 Å². The Balaban J connectivity index is 1.73. The molecule has 0 unspecified atom stereocenters. The number of benzene rings is 2. The Morgan fingerprint density at radius 2 is 1.85 bits per heavy atom. The molecule has 10 heteroatoms. The molecule has 0 aliphatic heterocycles. The van der Waals surface area contributed by atoms with Crippen LogP contribution in [0.15, 0.2) is 54.9 Å². The van der Waals surface area contributed by atoms with Crippen LogP contribution >= 0.6 is 11.6 Å². The van der Waals surface area contributed by atoms with Crippen LogP contribution in [0.3, 0.4) is 0 Å². The Morgan fingerprint density at radius 3 is 2.53 bits per heavy atom. The average molecular weight is 491 g/mol. The summed E-state index contributed by atoms with van der Waals surface area (Å²) in [5, 5.41) is 28.0. The molecule has 0 fully saturated rings. The molecule has 2 aromatic carbocycles. The molecule has 34 heavy (non-hydrogen) atoms. The molecule has 3 rings (SSSR count). The third-order valence-corrected chi connectivity index (χ3v) is 5.37. The van der Waals surface area contributed by atoms with Crippen LogP contribution in [0.2, 0.25) is 5.15 Å². The molecule has 0 radical (unpaired) electrons. The molecule has 0 aliphatic rings. The molecule has 0 saturated carbocycles. The smallest absolute Gasteiger partial charge is 0.276 e. The van der Waals surface area contributed by atoms with Crippen LogP contribution in [0.5, 0.6) is 0 Å². The number of aliphatic hydroxyl groups is 1. The van der Waals surface area contributed by atoms with E-state index in [9.17, 15) is 23.9 Å². The Morgan fingerprint density at radius 1 is 1.15 bits per heavy atom. The number of carbonyl (C=O) groups is 1. The fourth-order valence-electron chi connectivity index (χ4n) is 3.52. The first-order valence-corrected chi connectivity index (χ1v) is 11.1. The van der Waals surface area contributed by atoms with E-state index in [2.05, 4.69) is 28.6 Å². The number of aliphatic hydroxyl groups excluding tert-OH is 1. The Bertz CT molecular complexity index is 1110. The van der Waals surface area contributed by atoms with Crippen molar-refractivity contribution in [3.63, 3.8) is 0 Å². The molecule has 0 aliphatic carbocycles. The highest BCUT2D eigenvalue weighted by molar-refractivity contribution is 6.29. The van der Waals surface area contributed by atoms with Gasteiger partial charge in [0.05, 0.1) is 12.1 Å². The van der Waals surface area contributed by atoms with E-state index >= 15 is 0 Å². The minimum absolute atomic E-state index is 0.0630. The number of hydrogen-bond acceptors (Lipinski definition) is 5. The summed E-state index contributed by atoms with van der Waals surface area (Å²) in [5.74, 6) is -2.30. The zero-order valence-electron chi connectivity index (χ0n) is 18.5. The number of carbonyl (C=O) groups excluding carboxylic acids is 1. The average Bonchev–Trinajstić information content (AvgIpc) is 2.77. The molecular formula is C24H25ClF2N4O3. The molecule has 3 N–H and O–H groups in total. The molecule has 0 saturated heterocycles. The molecule has 2 atom stereocenters. The molecule has 0 bridgehead atoms. The first-order chi connectivity index (χ1) is 16.2. The highest BCUT2D eigenvalue weighted by Gasteiger charge is 2.24. The van der Waals surface area contributed by atoms with Gasteiger partial charge in [0.2, 0.25) is 12.4 Å². The van der Waals surface area contributed by atoms with Crippen LogP contribution in [0.4, 0.5) is 8.78 Å². The van der Waals surface area contributed by atoms with E-state index in [-0.39, 0.29) is 29.4 Å². The quantitative estimate of drug-likeness (QED) is 0.300. The second kappa shape index (κ2) is 11.8. The van der Waals surface area contributed by atoms with E-state index < -0.39 is 29.7 Å². The van der Waals surface area contributed by atoms with Crippen LogP contribution in [0.25, 0.3) is 0 Å². The summed E-state index contributed by atoms with van der Waals surface area (Å²) in [5.41, 5.74) is 2.20. The maximum Gasteiger partial charge on any atom is 0.276 e. The summed E-state index contributed by atoms with van der Waals surface area (Å²) < 4.78 is 27.7. The number of halogens is 3. The highest BCUT2D eigenvalue weighted by atomic mass is 35.5. The maximum atomic E-state index is 13.7. The fraction of sp³-hybridized carbons (Fsp3) is 0.292. The van der Waals surface area contributed by atoms with Crippen molar-refractivity contribution < 1.29 is 23.4 Å². The lowest BCUT2D eigenvalue weighted by molar-refractivity contribution is -0.606. The monoisotopic (exact) mass is 490 g/mol. The third-order valence-electron chi connectivity index (χ3n) is 5.18. The van der Waals surface area contributed by atoms with Crippen molar-refractivity contribution in [1.82, 2.24) is 15.6 Å². The van der Waals surface area contributed by atoms with Gasteiger partial charge in [-0.1, -0.05) is 42.8 Å². The number of aromatic nitrogens is 2. The number of rotatable bonds is 10. The zero-order valence-corrected chi connectivity index (χ0v) is 19.2. The Kier molecular flexibility index (Phi) is 8.86. The Hall–Kier alpha value is -3.14. The number of amides is 1. The maximum absolute atomic E-state index is 13.7. The van der Waals surface area contributed by atoms with Gasteiger partial charge in [0.25, 0.3) is 5.91 Å². The van der Waals surface area contributed by atoms with E-state index in [0.29, 0.717) is 11.3 Å². The van der Waals surface area contributed by atoms with Gasteiger partial charge in [-0.3, -0.25) is 4.79 Å². The van der Waals surface area contributed by atoms with Crippen LogP contribution in [0.1, 0.15) is 34.1 Å². The van der Waals surface area contributed by atoms with Crippen LogP contribution < -0.4 is 15.4 Å². The van der Waals surface area contributed by atoms with Gasteiger partial charge in [0.15, 0.2) is 10.8 Å². The van der Waals surface area contributed by atoms with Gasteiger partial charge in [-0.2, -0.15) is 4.73 Å². The Labute approximate surface area is 201 Å². The molecule has 3 aromatic rings. The largest absolute Gasteiger partial charge is 0.619 e. The second-order valence-corrected chi connectivity index (χ2v) is 8.26. The van der Waals surface area contributed by atoms with Crippen LogP contribution in [-0.4, -0.2) is 34.7 Å². The summed E-state index contributed by atoms with van der Waals surface area (Å²) >= 11 is 5.75. The predicted octanol–water partition coefficient (Wildman–Crippen LogP) is 2.70. The standard InChI is InChI=1S/C24H25ClF2N4O3/c1-2-15-4-3-5-16(6-15)11-28-12-22(32)20(9-17-7-18(26)10-19(27)8-17)30-24(33)21-13-31(34)14-23(25)29-21/h3-8,10,13-14,20,22,28,32H,2,9,11-12H2,1H3,(H,30,33)/t20-,22+/m0/s1. The van der Waals surface area contributed by atoms with Crippen molar-refractivity contribution >= 4 is 17.5 Å². The van der Waals surface area contributed by atoms with E-state index in [4.69, 9.17) is 11.6 Å². The minimum atomic E-state index is -1.12. The van der Waals surface area contributed by atoms with Crippen molar-refractivity contribution in [3.05, 3.63) is 99.2 Å². The molecular weight excluding hydrogens is 466 g/mol. The highest BCUT2D eigenvalue weighted by Crippen LogP contribution is 2.13. The van der Waals surface area contributed by atoms with Crippen LogP contribution in [0, 0.1) is 16.8 Å².